The van der Waals surface area contributed by atoms with Crippen LogP contribution in [-0.2, 0) is 5.75 Å². The van der Waals surface area contributed by atoms with Crippen LogP contribution in [0.5, 0.6) is 11.5 Å². The van der Waals surface area contributed by atoms with E-state index in [-0.39, 0.29) is 0 Å². The fourth-order valence-corrected chi connectivity index (χ4v) is 2.07. The van der Waals surface area contributed by atoms with Gasteiger partial charge in [-0.05, 0) is 18.2 Å². The summed E-state index contributed by atoms with van der Waals surface area (Å²) in [4.78, 5) is 0. The van der Waals surface area contributed by atoms with Crippen molar-refractivity contribution in [2.45, 2.75) is 19.1 Å². The van der Waals surface area contributed by atoms with E-state index in [2.05, 4.69) is 19.1 Å². The van der Waals surface area contributed by atoms with Crippen molar-refractivity contribution in [2.75, 3.05) is 5.75 Å². The maximum atomic E-state index is 5.29. The summed E-state index contributed by atoms with van der Waals surface area (Å²) in [6, 6.07) is 6.23. The highest BCUT2D eigenvalue weighted by atomic mass is 32.2. The molecule has 0 unspecified atom stereocenters. The fourth-order valence-electron chi connectivity index (χ4n) is 1.19. The Morgan fingerprint density at radius 3 is 3.17 bits per heavy atom. The number of thioether (sulfide) groups is 1. The van der Waals surface area contributed by atoms with Gasteiger partial charge in [0.25, 0.3) is 0 Å². The Bertz CT molecular complexity index is 283. The summed E-state index contributed by atoms with van der Waals surface area (Å²) in [6.07, 6.45) is 1.25. The molecule has 0 atom stereocenters. The van der Waals surface area contributed by atoms with Crippen molar-refractivity contribution in [2.24, 2.45) is 0 Å². The first-order valence-electron chi connectivity index (χ1n) is 4.29. The number of hydrogen-bond acceptors (Lipinski definition) is 2. The zero-order valence-corrected chi connectivity index (χ0v) is 7.99. The first-order valence-corrected chi connectivity index (χ1v) is 5.44. The summed E-state index contributed by atoms with van der Waals surface area (Å²) < 4.78 is 5.29. The third-order valence-electron chi connectivity index (χ3n) is 1.84. The van der Waals surface area contributed by atoms with Gasteiger partial charge in [-0.25, -0.2) is 0 Å². The monoisotopic (exact) mass is 180 g/mol. The largest absolute Gasteiger partial charge is 0.449 e. The Balaban J connectivity index is 1.93. The summed E-state index contributed by atoms with van der Waals surface area (Å²) in [6.45, 7) is 2.21. The maximum Gasteiger partial charge on any atom is 0.174 e. The molecule has 64 valence electrons. The standard InChI is InChI=1S/C10H12OS/c1-2-6-12-7-8-4-3-5-9-10(8)11-9/h3-5H,2,6-7H2,1H3. The van der Waals surface area contributed by atoms with Crippen molar-refractivity contribution >= 4 is 11.8 Å². The van der Waals surface area contributed by atoms with Crippen molar-refractivity contribution < 1.29 is 4.74 Å². The molecule has 1 aromatic rings. The lowest BCUT2D eigenvalue weighted by atomic mass is 10.2. The predicted octanol–water partition coefficient (Wildman–Crippen LogP) is 3.44. The normalized spacial score (nSPS) is 12.1. The Kier molecular flexibility index (Phi) is 2.26. The molecule has 0 aromatic heterocycles. The highest BCUT2D eigenvalue weighted by molar-refractivity contribution is 7.98. The number of para-hydroxylation sites is 1. The van der Waals surface area contributed by atoms with Crippen LogP contribution in [0.1, 0.15) is 18.9 Å². The Morgan fingerprint density at radius 1 is 1.42 bits per heavy atom. The lowest BCUT2D eigenvalue weighted by Crippen LogP contribution is -1.78. The molecular formula is C10H12OS. The predicted molar refractivity (Wildman–Crippen MR) is 53.0 cm³/mol. The van der Waals surface area contributed by atoms with Gasteiger partial charge in [0, 0.05) is 11.3 Å². The molecule has 1 aliphatic rings. The van der Waals surface area contributed by atoms with Gasteiger partial charge in [-0.15, -0.1) is 0 Å². The van der Waals surface area contributed by atoms with Crippen LogP contribution < -0.4 is 4.74 Å². The third kappa shape index (κ3) is 1.58. The minimum absolute atomic E-state index is 1.07. The number of ether oxygens (including phenoxy) is 1. The van der Waals surface area contributed by atoms with Gasteiger partial charge < -0.3 is 4.74 Å². The number of fused-ring (bicyclic) bond motifs is 1. The van der Waals surface area contributed by atoms with E-state index >= 15 is 0 Å². The highest BCUT2D eigenvalue weighted by Crippen LogP contribution is 2.48. The average molecular weight is 180 g/mol. The molecule has 0 bridgehead atoms. The number of benzene rings is 1. The molecule has 2 rings (SSSR count). The molecule has 0 saturated carbocycles. The van der Waals surface area contributed by atoms with E-state index in [9.17, 15) is 0 Å². The molecule has 0 N–H and O–H groups in total. The van der Waals surface area contributed by atoms with Gasteiger partial charge in [0.15, 0.2) is 11.5 Å². The number of rotatable bonds is 4. The molecule has 1 aliphatic heterocycles. The van der Waals surface area contributed by atoms with Crippen molar-refractivity contribution in [3.05, 3.63) is 23.8 Å². The fraction of sp³-hybridized carbons (Fsp3) is 0.400. The van der Waals surface area contributed by atoms with Crippen molar-refractivity contribution in [1.29, 1.82) is 0 Å². The quantitative estimate of drug-likeness (QED) is 0.528. The van der Waals surface area contributed by atoms with Crippen LogP contribution in [-0.4, -0.2) is 5.75 Å². The van der Waals surface area contributed by atoms with E-state index < -0.39 is 0 Å². The van der Waals surface area contributed by atoms with Gasteiger partial charge in [0.2, 0.25) is 0 Å². The molecule has 0 amide bonds. The first-order chi connectivity index (χ1) is 5.92. The number of hydrogen-bond donors (Lipinski definition) is 0. The van der Waals surface area contributed by atoms with E-state index in [4.69, 9.17) is 4.74 Å². The van der Waals surface area contributed by atoms with Crippen molar-refractivity contribution in [3.63, 3.8) is 0 Å². The van der Waals surface area contributed by atoms with Gasteiger partial charge in [0.1, 0.15) is 0 Å². The summed E-state index contributed by atoms with van der Waals surface area (Å²) in [5, 5.41) is 0. The summed E-state index contributed by atoms with van der Waals surface area (Å²) in [5.41, 5.74) is 1.35. The molecule has 1 heterocycles. The second-order valence-corrected chi connectivity index (χ2v) is 4.00. The summed E-state index contributed by atoms with van der Waals surface area (Å²) in [5.74, 6) is 4.53. The third-order valence-corrected chi connectivity index (χ3v) is 3.05. The summed E-state index contributed by atoms with van der Waals surface area (Å²) in [7, 11) is 0. The van der Waals surface area contributed by atoms with Crippen molar-refractivity contribution in [3.8, 4) is 11.5 Å². The van der Waals surface area contributed by atoms with E-state index in [1.54, 1.807) is 0 Å². The molecule has 0 radical (unpaired) electrons. The van der Waals surface area contributed by atoms with E-state index in [1.165, 1.54) is 17.7 Å². The molecule has 0 aliphatic carbocycles. The highest BCUT2D eigenvalue weighted by Gasteiger charge is 2.22. The molecule has 0 saturated heterocycles. The smallest absolute Gasteiger partial charge is 0.174 e. The Labute approximate surface area is 77.1 Å². The maximum absolute atomic E-state index is 5.29. The molecule has 0 spiro atoms. The SMILES string of the molecule is CCCSCc1cccc2c1O2. The Morgan fingerprint density at radius 2 is 2.33 bits per heavy atom. The van der Waals surface area contributed by atoms with Gasteiger partial charge >= 0.3 is 0 Å². The van der Waals surface area contributed by atoms with E-state index in [0.29, 0.717) is 0 Å². The zero-order chi connectivity index (χ0) is 8.39. The first kappa shape index (κ1) is 7.99. The second kappa shape index (κ2) is 3.40. The molecule has 1 nitrogen and oxygen atoms in total. The molecule has 1 aromatic carbocycles. The van der Waals surface area contributed by atoms with Crippen LogP contribution in [0.15, 0.2) is 18.2 Å². The zero-order valence-electron chi connectivity index (χ0n) is 7.17. The Hall–Kier alpha value is -0.630. The van der Waals surface area contributed by atoms with Crippen LogP contribution in [0.3, 0.4) is 0 Å². The lowest BCUT2D eigenvalue weighted by Gasteiger charge is -1.96. The van der Waals surface area contributed by atoms with Crippen LogP contribution in [0, 0.1) is 0 Å². The van der Waals surface area contributed by atoms with Crippen LogP contribution in [0.2, 0.25) is 0 Å². The molecule has 2 heteroatoms. The van der Waals surface area contributed by atoms with Gasteiger partial charge in [-0.1, -0.05) is 19.1 Å². The van der Waals surface area contributed by atoms with Crippen molar-refractivity contribution in [1.82, 2.24) is 0 Å². The minimum atomic E-state index is 1.07. The topological polar surface area (TPSA) is 12.5 Å². The lowest BCUT2D eigenvalue weighted by molar-refractivity contribution is 0.646. The molecule has 12 heavy (non-hydrogen) atoms. The minimum Gasteiger partial charge on any atom is -0.449 e. The molecule has 0 fully saturated rings. The summed E-state index contributed by atoms with van der Waals surface area (Å²) >= 11 is 1.97. The van der Waals surface area contributed by atoms with E-state index in [0.717, 1.165) is 17.3 Å². The van der Waals surface area contributed by atoms with Crippen LogP contribution >= 0.6 is 11.8 Å². The van der Waals surface area contributed by atoms with Gasteiger partial charge in [-0.3, -0.25) is 0 Å². The second-order valence-electron chi connectivity index (χ2n) is 2.90. The van der Waals surface area contributed by atoms with Crippen LogP contribution in [0.25, 0.3) is 0 Å². The van der Waals surface area contributed by atoms with E-state index in [1.807, 2.05) is 17.8 Å². The molecular weight excluding hydrogens is 168 g/mol. The van der Waals surface area contributed by atoms with Gasteiger partial charge in [-0.2, -0.15) is 11.8 Å². The van der Waals surface area contributed by atoms with Gasteiger partial charge in [0.05, 0.1) is 0 Å². The average Bonchev–Trinajstić information content (AvgIpc) is 2.84. The van der Waals surface area contributed by atoms with Crippen LogP contribution in [0.4, 0.5) is 0 Å².